The van der Waals surface area contributed by atoms with Gasteiger partial charge in [-0.05, 0) is 24.5 Å². The number of pyridine rings is 1. The Bertz CT molecular complexity index is 323. The van der Waals surface area contributed by atoms with Crippen LogP contribution in [0.2, 0.25) is 0 Å². The van der Waals surface area contributed by atoms with Crippen molar-refractivity contribution in [3.63, 3.8) is 0 Å². The first-order valence-electron chi connectivity index (χ1n) is 5.66. The molecule has 88 valence electrons. The van der Waals surface area contributed by atoms with Gasteiger partial charge in [-0.1, -0.05) is 19.9 Å². The highest BCUT2D eigenvalue weighted by Gasteiger charge is 2.33. The van der Waals surface area contributed by atoms with E-state index in [2.05, 4.69) is 4.98 Å². The number of nitrogens with zero attached hydrogens (tertiary/aromatic N) is 1. The van der Waals surface area contributed by atoms with Gasteiger partial charge in [0.05, 0.1) is 0 Å². The van der Waals surface area contributed by atoms with Crippen molar-refractivity contribution < 1.29 is 9.53 Å². The molecule has 0 saturated carbocycles. The average molecular weight is 221 g/mol. The van der Waals surface area contributed by atoms with Gasteiger partial charge in [-0.3, -0.25) is 9.78 Å². The molecule has 0 atom stereocenters. The summed E-state index contributed by atoms with van der Waals surface area (Å²) in [6, 6.07) is 3.76. The van der Waals surface area contributed by atoms with Crippen molar-refractivity contribution in [2.24, 2.45) is 0 Å². The van der Waals surface area contributed by atoms with Gasteiger partial charge in [0.25, 0.3) is 0 Å². The van der Waals surface area contributed by atoms with E-state index in [0.29, 0.717) is 19.3 Å². The van der Waals surface area contributed by atoms with E-state index in [1.54, 1.807) is 19.5 Å². The monoisotopic (exact) mass is 221 g/mol. The van der Waals surface area contributed by atoms with E-state index in [1.807, 2.05) is 26.0 Å². The summed E-state index contributed by atoms with van der Waals surface area (Å²) in [5.74, 6) is 0.132. The first kappa shape index (κ1) is 12.8. The van der Waals surface area contributed by atoms with Crippen LogP contribution in [-0.4, -0.2) is 23.5 Å². The Morgan fingerprint density at radius 3 is 2.56 bits per heavy atom. The lowest BCUT2D eigenvalue weighted by Crippen LogP contribution is -2.40. The molecule has 16 heavy (non-hydrogen) atoms. The van der Waals surface area contributed by atoms with E-state index in [9.17, 15) is 4.79 Å². The highest BCUT2D eigenvalue weighted by Crippen LogP contribution is 2.22. The van der Waals surface area contributed by atoms with Crippen LogP contribution in [0.4, 0.5) is 0 Å². The van der Waals surface area contributed by atoms with Crippen LogP contribution in [0.1, 0.15) is 32.3 Å². The van der Waals surface area contributed by atoms with Crippen LogP contribution in [0.25, 0.3) is 0 Å². The number of rotatable bonds is 6. The summed E-state index contributed by atoms with van der Waals surface area (Å²) >= 11 is 0. The molecule has 1 aromatic rings. The van der Waals surface area contributed by atoms with E-state index in [0.717, 1.165) is 5.56 Å². The molecular weight excluding hydrogens is 202 g/mol. The van der Waals surface area contributed by atoms with Gasteiger partial charge in [-0.15, -0.1) is 0 Å². The van der Waals surface area contributed by atoms with E-state index < -0.39 is 5.60 Å². The lowest BCUT2D eigenvalue weighted by atomic mass is 9.88. The van der Waals surface area contributed by atoms with Crippen LogP contribution in [0.15, 0.2) is 24.5 Å². The first-order chi connectivity index (χ1) is 7.68. The topological polar surface area (TPSA) is 39.2 Å². The molecule has 0 aromatic carbocycles. The van der Waals surface area contributed by atoms with Gasteiger partial charge in [-0.2, -0.15) is 0 Å². The van der Waals surface area contributed by atoms with E-state index in [-0.39, 0.29) is 5.78 Å². The Hall–Kier alpha value is -1.22. The van der Waals surface area contributed by atoms with Gasteiger partial charge in [0.2, 0.25) is 0 Å². The highest BCUT2D eigenvalue weighted by atomic mass is 16.5. The highest BCUT2D eigenvalue weighted by molar-refractivity contribution is 5.89. The number of aromatic nitrogens is 1. The van der Waals surface area contributed by atoms with Crippen LogP contribution in [0.5, 0.6) is 0 Å². The number of ether oxygens (including phenoxy) is 1. The molecule has 0 aliphatic rings. The summed E-state index contributed by atoms with van der Waals surface area (Å²) < 4.78 is 5.40. The van der Waals surface area contributed by atoms with Gasteiger partial charge in [0.1, 0.15) is 5.60 Å². The minimum absolute atomic E-state index is 0.132. The third kappa shape index (κ3) is 2.67. The smallest absolute Gasteiger partial charge is 0.168 e. The van der Waals surface area contributed by atoms with Crippen molar-refractivity contribution in [1.29, 1.82) is 0 Å². The molecule has 0 saturated heterocycles. The number of methoxy groups -OCH3 is 1. The van der Waals surface area contributed by atoms with Crippen molar-refractivity contribution in [2.75, 3.05) is 7.11 Å². The molecule has 1 aromatic heterocycles. The van der Waals surface area contributed by atoms with Crippen LogP contribution in [0, 0.1) is 0 Å². The van der Waals surface area contributed by atoms with E-state index >= 15 is 0 Å². The summed E-state index contributed by atoms with van der Waals surface area (Å²) in [4.78, 5) is 16.2. The van der Waals surface area contributed by atoms with Gasteiger partial charge in [-0.25, -0.2) is 0 Å². The predicted molar refractivity (Wildman–Crippen MR) is 63.3 cm³/mol. The molecule has 0 N–H and O–H groups in total. The minimum Gasteiger partial charge on any atom is -0.370 e. The van der Waals surface area contributed by atoms with Crippen LogP contribution >= 0.6 is 0 Å². The molecule has 0 radical (unpaired) electrons. The van der Waals surface area contributed by atoms with Crippen molar-refractivity contribution >= 4 is 5.78 Å². The van der Waals surface area contributed by atoms with Crippen LogP contribution in [-0.2, 0) is 16.0 Å². The second-order valence-electron chi connectivity index (χ2n) is 3.87. The van der Waals surface area contributed by atoms with E-state index in [4.69, 9.17) is 4.74 Å². The zero-order valence-corrected chi connectivity index (χ0v) is 10.2. The summed E-state index contributed by atoms with van der Waals surface area (Å²) in [6.45, 7) is 3.96. The number of carbonyl (C=O) groups is 1. The quantitative estimate of drug-likeness (QED) is 0.740. The van der Waals surface area contributed by atoms with Crippen LogP contribution in [0.3, 0.4) is 0 Å². The van der Waals surface area contributed by atoms with Gasteiger partial charge >= 0.3 is 0 Å². The molecule has 0 unspecified atom stereocenters. The third-order valence-electron chi connectivity index (χ3n) is 3.13. The summed E-state index contributed by atoms with van der Waals surface area (Å²) in [6.07, 6.45) is 5.24. The molecule has 0 bridgehead atoms. The molecule has 0 spiro atoms. The number of hydrogen-bond acceptors (Lipinski definition) is 3. The van der Waals surface area contributed by atoms with Crippen molar-refractivity contribution in [1.82, 2.24) is 4.98 Å². The number of ketones is 1. The fourth-order valence-electron chi connectivity index (χ4n) is 1.90. The molecule has 0 aliphatic heterocycles. The molecule has 3 nitrogen and oxygen atoms in total. The third-order valence-corrected chi connectivity index (χ3v) is 3.13. The summed E-state index contributed by atoms with van der Waals surface area (Å²) in [5, 5.41) is 0. The largest absolute Gasteiger partial charge is 0.370 e. The second-order valence-corrected chi connectivity index (χ2v) is 3.87. The average Bonchev–Trinajstić information content (AvgIpc) is 2.33. The lowest BCUT2D eigenvalue weighted by Gasteiger charge is -2.28. The standard InChI is InChI=1S/C13H19NO2/c1-4-13(5-2,16-3)12(15)9-11-7-6-8-14-10-11/h6-8,10H,4-5,9H2,1-3H3. The molecule has 1 rings (SSSR count). The molecule has 0 amide bonds. The molecule has 1 heterocycles. The lowest BCUT2D eigenvalue weighted by molar-refractivity contribution is -0.141. The van der Waals surface area contributed by atoms with Crippen LogP contribution < -0.4 is 0 Å². The summed E-state index contributed by atoms with van der Waals surface area (Å²) in [7, 11) is 1.61. The maximum Gasteiger partial charge on any atom is 0.168 e. The Labute approximate surface area is 96.8 Å². The Morgan fingerprint density at radius 1 is 1.44 bits per heavy atom. The molecular formula is C13H19NO2. The normalized spacial score (nSPS) is 11.4. The molecule has 0 aliphatic carbocycles. The maximum absolute atomic E-state index is 12.2. The number of carbonyl (C=O) groups excluding carboxylic acids is 1. The maximum atomic E-state index is 12.2. The number of Topliss-reactive ketones (excluding diaryl/α,β-unsaturated/α-hetero) is 1. The Kier molecular flexibility index (Phi) is 4.62. The van der Waals surface area contributed by atoms with Crippen molar-refractivity contribution in [3.8, 4) is 0 Å². The SMILES string of the molecule is CCC(CC)(OC)C(=O)Cc1cccnc1. The zero-order chi connectivity index (χ0) is 12.0. The fourth-order valence-corrected chi connectivity index (χ4v) is 1.90. The number of hydrogen-bond donors (Lipinski definition) is 0. The fraction of sp³-hybridized carbons (Fsp3) is 0.538. The molecule has 3 heteroatoms. The van der Waals surface area contributed by atoms with Crippen molar-refractivity contribution in [2.45, 2.75) is 38.7 Å². The first-order valence-corrected chi connectivity index (χ1v) is 5.66. The Morgan fingerprint density at radius 2 is 2.12 bits per heavy atom. The summed E-state index contributed by atoms with van der Waals surface area (Å²) in [5.41, 5.74) is 0.311. The molecule has 0 fully saturated rings. The van der Waals surface area contributed by atoms with Gasteiger partial charge < -0.3 is 4.74 Å². The van der Waals surface area contributed by atoms with Crippen molar-refractivity contribution in [3.05, 3.63) is 30.1 Å². The zero-order valence-electron chi connectivity index (χ0n) is 10.2. The predicted octanol–water partition coefficient (Wildman–Crippen LogP) is 2.40. The second kappa shape index (κ2) is 5.75. The van der Waals surface area contributed by atoms with Gasteiger partial charge in [0, 0.05) is 25.9 Å². The Balaban J connectivity index is 2.78. The van der Waals surface area contributed by atoms with E-state index in [1.165, 1.54) is 0 Å². The van der Waals surface area contributed by atoms with Gasteiger partial charge in [0.15, 0.2) is 5.78 Å². The minimum atomic E-state index is -0.629.